The molecule has 34 heavy (non-hydrogen) atoms. The van der Waals surface area contributed by atoms with Gasteiger partial charge in [-0.2, -0.15) is 13.2 Å². The number of hydrogen-bond acceptors (Lipinski definition) is 6. The molecule has 1 aliphatic rings. The number of benzene rings is 1. The molecular formula is C24H26F3N3O3S. The van der Waals surface area contributed by atoms with Crippen molar-refractivity contribution in [3.05, 3.63) is 75.1 Å². The molecule has 1 N–H and O–H groups in total. The highest BCUT2D eigenvalue weighted by Gasteiger charge is 2.30. The molecule has 1 fully saturated rings. The van der Waals surface area contributed by atoms with Crippen LogP contribution in [0.4, 0.5) is 13.2 Å². The van der Waals surface area contributed by atoms with Gasteiger partial charge in [0.2, 0.25) is 5.89 Å². The van der Waals surface area contributed by atoms with Gasteiger partial charge in [-0.25, -0.2) is 4.98 Å². The Morgan fingerprint density at radius 3 is 2.82 bits per heavy atom. The maximum atomic E-state index is 13.2. The van der Waals surface area contributed by atoms with Gasteiger partial charge in [0.1, 0.15) is 6.26 Å². The monoisotopic (exact) mass is 493 g/mol. The molecule has 1 saturated heterocycles. The van der Waals surface area contributed by atoms with Gasteiger partial charge in [-0.3, -0.25) is 9.69 Å². The number of amides is 1. The van der Waals surface area contributed by atoms with Crippen molar-refractivity contribution < 1.29 is 27.1 Å². The van der Waals surface area contributed by atoms with Crippen molar-refractivity contribution >= 4 is 17.2 Å². The number of carbonyl (C=O) groups is 1. The van der Waals surface area contributed by atoms with E-state index in [0.717, 1.165) is 35.4 Å². The van der Waals surface area contributed by atoms with Gasteiger partial charge in [-0.05, 0) is 48.4 Å². The molecule has 1 atom stereocenters. The molecule has 0 unspecified atom stereocenters. The first-order chi connectivity index (χ1) is 16.3. The van der Waals surface area contributed by atoms with Crippen LogP contribution in [-0.4, -0.2) is 35.0 Å². The first kappa shape index (κ1) is 24.4. The number of ether oxygens (including phenoxy) is 1. The highest BCUT2D eigenvalue weighted by atomic mass is 32.1. The number of thiophene rings is 1. The van der Waals surface area contributed by atoms with Crippen LogP contribution in [0.3, 0.4) is 0 Å². The van der Waals surface area contributed by atoms with Crippen LogP contribution in [0.1, 0.15) is 50.8 Å². The third-order valence-corrected chi connectivity index (χ3v) is 6.66. The first-order valence-electron chi connectivity index (χ1n) is 11.0. The molecule has 3 heterocycles. The third kappa shape index (κ3) is 6.46. The lowest BCUT2D eigenvalue weighted by Crippen LogP contribution is -2.32. The summed E-state index contributed by atoms with van der Waals surface area (Å²) in [6.45, 7) is 4.15. The van der Waals surface area contributed by atoms with Crippen molar-refractivity contribution in [2.24, 2.45) is 0 Å². The molecule has 182 valence electrons. The topological polar surface area (TPSA) is 67.6 Å². The fourth-order valence-corrected chi connectivity index (χ4v) is 4.77. The number of nitrogens with one attached hydrogen (secondary N) is 1. The minimum Gasteiger partial charge on any atom is -0.447 e. The minimum absolute atomic E-state index is 0.0207. The highest BCUT2D eigenvalue weighted by molar-refractivity contribution is 7.10. The summed E-state index contributed by atoms with van der Waals surface area (Å²) in [4.78, 5) is 19.8. The Morgan fingerprint density at radius 2 is 2.12 bits per heavy atom. The van der Waals surface area contributed by atoms with Crippen molar-refractivity contribution in [2.75, 3.05) is 13.2 Å². The summed E-state index contributed by atoms with van der Waals surface area (Å²) < 4.78 is 50.5. The normalized spacial score (nSPS) is 16.3. The Balaban J connectivity index is 1.45. The van der Waals surface area contributed by atoms with Crippen molar-refractivity contribution in [2.45, 2.75) is 51.7 Å². The Kier molecular flexibility index (Phi) is 7.70. The number of oxazole rings is 1. The Labute approximate surface area is 199 Å². The summed E-state index contributed by atoms with van der Waals surface area (Å²) in [5.74, 6) is -0.0209. The van der Waals surface area contributed by atoms with E-state index in [9.17, 15) is 18.0 Å². The van der Waals surface area contributed by atoms with E-state index < -0.39 is 11.7 Å². The molecule has 6 nitrogen and oxygen atoms in total. The summed E-state index contributed by atoms with van der Waals surface area (Å²) in [5, 5.41) is 4.79. The molecule has 0 radical (unpaired) electrons. The number of aryl methyl sites for hydroxylation is 1. The Morgan fingerprint density at radius 1 is 1.26 bits per heavy atom. The maximum absolute atomic E-state index is 13.2. The van der Waals surface area contributed by atoms with Gasteiger partial charge in [0.15, 0.2) is 5.69 Å². The second-order valence-corrected chi connectivity index (χ2v) is 9.34. The fraction of sp³-hybridized carbons (Fsp3) is 0.417. The zero-order valence-corrected chi connectivity index (χ0v) is 19.5. The number of hydrogen-bond donors (Lipinski definition) is 1. The van der Waals surface area contributed by atoms with Crippen LogP contribution in [0.2, 0.25) is 0 Å². The number of aromatic nitrogens is 1. The number of nitrogens with zero attached hydrogens (tertiary/aromatic N) is 2. The smallest absolute Gasteiger partial charge is 0.416 e. The molecule has 0 saturated carbocycles. The standard InChI is InChI=1S/C24H26F3N3O3S/c1-16-7-9-34-21(16)13-30(12-17-4-2-5-18(10-17)24(25,26)27)14-22-29-20(15-33-22)23(31)28-11-19-6-3-8-32-19/h2,4-5,7,9-10,15,19H,3,6,8,11-14H2,1H3,(H,28,31)/t19-/m0/s1. The van der Waals surface area contributed by atoms with Gasteiger partial charge in [0, 0.05) is 31.1 Å². The molecule has 2 aromatic heterocycles. The molecule has 1 aromatic carbocycles. The average molecular weight is 494 g/mol. The van der Waals surface area contributed by atoms with E-state index in [1.807, 2.05) is 23.3 Å². The van der Waals surface area contributed by atoms with E-state index in [0.29, 0.717) is 31.2 Å². The van der Waals surface area contributed by atoms with Crippen molar-refractivity contribution in [3.63, 3.8) is 0 Å². The van der Waals surface area contributed by atoms with Gasteiger partial charge >= 0.3 is 6.18 Å². The zero-order chi connectivity index (χ0) is 24.1. The molecule has 3 aromatic rings. The lowest BCUT2D eigenvalue weighted by Gasteiger charge is -2.21. The Hall–Kier alpha value is -2.69. The first-order valence-corrected chi connectivity index (χ1v) is 11.9. The van der Waals surface area contributed by atoms with Crippen molar-refractivity contribution in [1.29, 1.82) is 0 Å². The maximum Gasteiger partial charge on any atom is 0.416 e. The quantitative estimate of drug-likeness (QED) is 0.445. The molecule has 1 aliphatic heterocycles. The van der Waals surface area contributed by atoms with Crippen LogP contribution in [0, 0.1) is 6.92 Å². The predicted molar refractivity (Wildman–Crippen MR) is 121 cm³/mol. The number of alkyl halides is 3. The van der Waals surface area contributed by atoms with Crippen molar-refractivity contribution in [1.82, 2.24) is 15.2 Å². The lowest BCUT2D eigenvalue weighted by molar-refractivity contribution is -0.137. The number of rotatable bonds is 9. The molecule has 1 amide bonds. The SMILES string of the molecule is Cc1ccsc1CN(Cc1cccc(C(F)(F)F)c1)Cc1nc(C(=O)NC[C@@H]2CCCO2)co1. The Bertz CT molecular complexity index is 1110. The van der Waals surface area contributed by atoms with Gasteiger partial charge in [0.25, 0.3) is 5.91 Å². The molecule has 4 rings (SSSR count). The van der Waals surface area contributed by atoms with E-state index in [2.05, 4.69) is 10.3 Å². The van der Waals surface area contributed by atoms with E-state index in [-0.39, 0.29) is 30.8 Å². The number of halogens is 3. The zero-order valence-electron chi connectivity index (χ0n) is 18.7. The second-order valence-electron chi connectivity index (χ2n) is 8.34. The van der Waals surface area contributed by atoms with Gasteiger partial charge < -0.3 is 14.5 Å². The highest BCUT2D eigenvalue weighted by Crippen LogP contribution is 2.30. The van der Waals surface area contributed by atoms with E-state index >= 15 is 0 Å². The predicted octanol–water partition coefficient (Wildman–Crippen LogP) is 5.17. The summed E-state index contributed by atoms with van der Waals surface area (Å²) >= 11 is 1.59. The third-order valence-electron chi connectivity index (χ3n) is 5.65. The van der Waals surface area contributed by atoms with Crippen molar-refractivity contribution in [3.8, 4) is 0 Å². The lowest BCUT2D eigenvalue weighted by atomic mass is 10.1. The molecule has 0 spiro atoms. The summed E-state index contributed by atoms with van der Waals surface area (Å²) in [5.41, 5.74) is 1.13. The average Bonchev–Trinajstić information content (AvgIpc) is 3.55. The van der Waals surface area contributed by atoms with E-state index in [1.54, 1.807) is 17.4 Å². The van der Waals surface area contributed by atoms with Gasteiger partial charge in [-0.15, -0.1) is 11.3 Å². The van der Waals surface area contributed by atoms with Gasteiger partial charge in [0.05, 0.1) is 18.2 Å². The summed E-state index contributed by atoms with van der Waals surface area (Å²) in [6, 6.07) is 7.31. The molecule has 0 aliphatic carbocycles. The van der Waals surface area contributed by atoms with Crippen LogP contribution >= 0.6 is 11.3 Å². The summed E-state index contributed by atoms with van der Waals surface area (Å²) in [7, 11) is 0. The minimum atomic E-state index is -4.40. The van der Waals surface area contributed by atoms with Crippen LogP contribution in [-0.2, 0) is 30.5 Å². The number of carbonyl (C=O) groups excluding carboxylic acids is 1. The van der Waals surface area contributed by atoms with E-state index in [4.69, 9.17) is 9.15 Å². The molecule has 0 bridgehead atoms. The van der Waals surface area contributed by atoms with Gasteiger partial charge in [-0.1, -0.05) is 18.2 Å². The summed E-state index contributed by atoms with van der Waals surface area (Å²) in [6.07, 6.45) is -1.18. The van der Waals surface area contributed by atoms with Crippen LogP contribution in [0.25, 0.3) is 0 Å². The molecule has 10 heteroatoms. The largest absolute Gasteiger partial charge is 0.447 e. The fourth-order valence-electron chi connectivity index (χ4n) is 3.82. The second kappa shape index (κ2) is 10.7. The van der Waals surface area contributed by atoms with Crippen LogP contribution in [0.5, 0.6) is 0 Å². The molecular weight excluding hydrogens is 467 g/mol. The van der Waals surface area contributed by atoms with Crippen LogP contribution in [0.15, 0.2) is 46.4 Å². The van der Waals surface area contributed by atoms with E-state index in [1.165, 1.54) is 12.3 Å². The van der Waals surface area contributed by atoms with Crippen LogP contribution < -0.4 is 5.32 Å².